The summed E-state index contributed by atoms with van der Waals surface area (Å²) in [5.41, 5.74) is 1.04. The van der Waals surface area contributed by atoms with Gasteiger partial charge in [-0.3, -0.25) is 4.79 Å². The highest BCUT2D eigenvalue weighted by Gasteiger charge is 2.36. The van der Waals surface area contributed by atoms with Crippen molar-refractivity contribution in [2.24, 2.45) is 0 Å². The normalized spacial score (nSPS) is 24.7. The molecule has 2 aliphatic heterocycles. The van der Waals surface area contributed by atoms with Gasteiger partial charge < -0.3 is 15.1 Å². The highest BCUT2D eigenvalue weighted by atomic mass is 16.2. The third kappa shape index (κ3) is 1.36. The fraction of sp³-hybridized carbons (Fsp3) is 0.455. The van der Waals surface area contributed by atoms with Gasteiger partial charge in [0.2, 0.25) is 5.91 Å². The van der Waals surface area contributed by atoms with Crippen LogP contribution in [0.1, 0.15) is 0 Å². The Morgan fingerprint density at radius 1 is 1.50 bits per heavy atom. The average molecular weight is 218 g/mol. The highest BCUT2D eigenvalue weighted by Crippen LogP contribution is 2.31. The highest BCUT2D eigenvalue weighted by molar-refractivity contribution is 6.02. The molecule has 0 saturated carbocycles. The van der Waals surface area contributed by atoms with E-state index in [1.54, 1.807) is 6.20 Å². The molecule has 0 bridgehead atoms. The summed E-state index contributed by atoms with van der Waals surface area (Å²) in [6, 6.07) is 3.85. The fourth-order valence-corrected chi connectivity index (χ4v) is 2.36. The van der Waals surface area contributed by atoms with E-state index in [0.717, 1.165) is 25.3 Å². The number of nitrogens with zero attached hydrogens (tertiary/aromatic N) is 3. The quantitative estimate of drug-likeness (QED) is 0.673. The van der Waals surface area contributed by atoms with Gasteiger partial charge >= 0.3 is 0 Å². The van der Waals surface area contributed by atoms with Gasteiger partial charge in [0.25, 0.3) is 0 Å². The van der Waals surface area contributed by atoms with Gasteiger partial charge in [0.05, 0.1) is 5.69 Å². The smallest absolute Gasteiger partial charge is 0.249 e. The molecule has 16 heavy (non-hydrogen) atoms. The number of piperazine rings is 1. The lowest BCUT2D eigenvalue weighted by Gasteiger charge is -2.43. The number of hydrogen-bond acceptors (Lipinski definition) is 4. The summed E-state index contributed by atoms with van der Waals surface area (Å²) >= 11 is 0. The van der Waals surface area contributed by atoms with E-state index in [4.69, 9.17) is 0 Å². The fourth-order valence-electron chi connectivity index (χ4n) is 2.36. The molecule has 3 rings (SSSR count). The molecular weight excluding hydrogens is 204 g/mol. The first-order valence-electron chi connectivity index (χ1n) is 5.47. The second-order valence-corrected chi connectivity index (χ2v) is 4.33. The number of likely N-dealkylation sites (N-methyl/N-ethyl adjacent to an activating group) is 1. The molecule has 1 unspecified atom stereocenters. The molecule has 2 aliphatic rings. The Kier molecular flexibility index (Phi) is 2.07. The van der Waals surface area contributed by atoms with E-state index in [0.29, 0.717) is 5.82 Å². The lowest BCUT2D eigenvalue weighted by Crippen LogP contribution is -2.59. The molecule has 1 fully saturated rings. The van der Waals surface area contributed by atoms with E-state index in [1.807, 2.05) is 19.2 Å². The molecule has 1 aromatic heterocycles. The molecule has 3 heterocycles. The number of hydrogen-bond donors (Lipinski definition) is 1. The van der Waals surface area contributed by atoms with Crippen LogP contribution in [0.15, 0.2) is 18.3 Å². The molecule has 0 radical (unpaired) electrons. The average Bonchev–Trinajstić information content (AvgIpc) is 2.29. The van der Waals surface area contributed by atoms with Crippen molar-refractivity contribution in [3.8, 4) is 0 Å². The van der Waals surface area contributed by atoms with Crippen molar-refractivity contribution in [3.05, 3.63) is 18.3 Å². The molecule has 0 spiro atoms. The van der Waals surface area contributed by atoms with Crippen LogP contribution in [-0.4, -0.2) is 48.5 Å². The van der Waals surface area contributed by atoms with Crippen molar-refractivity contribution < 1.29 is 4.79 Å². The van der Waals surface area contributed by atoms with Crippen LogP contribution in [0, 0.1) is 0 Å². The van der Waals surface area contributed by atoms with Gasteiger partial charge in [-0.1, -0.05) is 0 Å². The predicted molar refractivity (Wildman–Crippen MR) is 61.5 cm³/mol. The zero-order valence-electron chi connectivity index (χ0n) is 9.18. The minimum atomic E-state index is -0.0737. The Bertz CT molecular complexity index is 434. The van der Waals surface area contributed by atoms with Crippen LogP contribution in [0.25, 0.3) is 0 Å². The molecule has 0 aliphatic carbocycles. The van der Waals surface area contributed by atoms with Crippen LogP contribution in [0.2, 0.25) is 0 Å². The van der Waals surface area contributed by atoms with Crippen LogP contribution < -0.4 is 10.2 Å². The standard InChI is InChI=1S/C11H14N4O/c1-14-5-6-15-8-3-2-4-12-10(8)13-11(16)9(15)7-14/h2-4,9H,5-7H2,1H3,(H,12,13,16). The Hall–Kier alpha value is -1.62. The van der Waals surface area contributed by atoms with Crippen molar-refractivity contribution in [1.82, 2.24) is 9.88 Å². The molecule has 1 N–H and O–H groups in total. The van der Waals surface area contributed by atoms with Crippen molar-refractivity contribution in [1.29, 1.82) is 0 Å². The van der Waals surface area contributed by atoms with Crippen LogP contribution in [-0.2, 0) is 4.79 Å². The topological polar surface area (TPSA) is 48.5 Å². The molecule has 1 saturated heterocycles. The molecular formula is C11H14N4O. The molecule has 5 nitrogen and oxygen atoms in total. The maximum absolute atomic E-state index is 11.9. The number of pyridine rings is 1. The van der Waals surface area contributed by atoms with Gasteiger partial charge in [-0.25, -0.2) is 4.98 Å². The van der Waals surface area contributed by atoms with Crippen LogP contribution in [0.4, 0.5) is 11.5 Å². The summed E-state index contributed by atoms with van der Waals surface area (Å²) in [5.74, 6) is 0.742. The lowest BCUT2D eigenvalue weighted by molar-refractivity contribution is -0.118. The number of nitrogens with one attached hydrogen (secondary N) is 1. The number of fused-ring (bicyclic) bond motifs is 3. The summed E-state index contributed by atoms with van der Waals surface area (Å²) in [6.07, 6.45) is 1.70. The zero-order valence-corrected chi connectivity index (χ0v) is 9.18. The van der Waals surface area contributed by atoms with E-state index in [2.05, 4.69) is 20.1 Å². The largest absolute Gasteiger partial charge is 0.354 e. The van der Waals surface area contributed by atoms with Crippen molar-refractivity contribution >= 4 is 17.4 Å². The third-order valence-electron chi connectivity index (χ3n) is 3.22. The number of anilines is 2. The molecule has 84 valence electrons. The van der Waals surface area contributed by atoms with Crippen molar-refractivity contribution in [2.45, 2.75) is 6.04 Å². The molecule has 1 aromatic rings. The maximum atomic E-state index is 11.9. The third-order valence-corrected chi connectivity index (χ3v) is 3.22. The first-order chi connectivity index (χ1) is 7.75. The second kappa shape index (κ2) is 3.45. The van der Waals surface area contributed by atoms with Gasteiger partial charge in [-0.15, -0.1) is 0 Å². The summed E-state index contributed by atoms with van der Waals surface area (Å²) in [5, 5.41) is 2.86. The molecule has 1 atom stereocenters. The Labute approximate surface area is 94.1 Å². The monoisotopic (exact) mass is 218 g/mol. The van der Waals surface area contributed by atoms with Gasteiger partial charge in [-0.2, -0.15) is 0 Å². The number of aromatic nitrogens is 1. The second-order valence-electron chi connectivity index (χ2n) is 4.33. The van der Waals surface area contributed by atoms with Crippen molar-refractivity contribution in [2.75, 3.05) is 36.9 Å². The first kappa shape index (κ1) is 9.59. The Morgan fingerprint density at radius 3 is 3.25 bits per heavy atom. The maximum Gasteiger partial charge on any atom is 0.249 e. The summed E-state index contributed by atoms with van der Waals surface area (Å²) in [6.45, 7) is 2.64. The number of amides is 1. The first-order valence-corrected chi connectivity index (χ1v) is 5.47. The van der Waals surface area contributed by atoms with Gasteiger partial charge in [-0.05, 0) is 19.2 Å². The van der Waals surface area contributed by atoms with E-state index in [-0.39, 0.29) is 11.9 Å². The number of rotatable bonds is 0. The number of carbonyl (C=O) groups is 1. The minimum absolute atomic E-state index is 0.0535. The van der Waals surface area contributed by atoms with Gasteiger partial charge in [0.15, 0.2) is 5.82 Å². The van der Waals surface area contributed by atoms with E-state index in [9.17, 15) is 4.79 Å². The van der Waals surface area contributed by atoms with Crippen LogP contribution in [0.5, 0.6) is 0 Å². The van der Waals surface area contributed by atoms with Gasteiger partial charge in [0, 0.05) is 25.8 Å². The number of carbonyl (C=O) groups excluding carboxylic acids is 1. The van der Waals surface area contributed by atoms with Crippen LogP contribution >= 0.6 is 0 Å². The predicted octanol–water partition coefficient (Wildman–Crippen LogP) is 0.154. The summed E-state index contributed by atoms with van der Waals surface area (Å²) in [4.78, 5) is 20.4. The van der Waals surface area contributed by atoms with E-state index >= 15 is 0 Å². The van der Waals surface area contributed by atoms with E-state index in [1.165, 1.54) is 0 Å². The molecule has 1 amide bonds. The SMILES string of the molecule is CN1CCN2c3cccnc3NC(=O)C2C1. The van der Waals surface area contributed by atoms with Gasteiger partial charge in [0.1, 0.15) is 6.04 Å². The van der Waals surface area contributed by atoms with Crippen LogP contribution in [0.3, 0.4) is 0 Å². The Balaban J connectivity index is 2.01. The molecule has 0 aromatic carbocycles. The summed E-state index contributed by atoms with van der Waals surface area (Å²) in [7, 11) is 2.05. The minimum Gasteiger partial charge on any atom is -0.354 e. The van der Waals surface area contributed by atoms with Crippen molar-refractivity contribution in [3.63, 3.8) is 0 Å². The lowest BCUT2D eigenvalue weighted by atomic mass is 10.1. The van der Waals surface area contributed by atoms with E-state index < -0.39 is 0 Å². The Morgan fingerprint density at radius 2 is 2.38 bits per heavy atom. The zero-order chi connectivity index (χ0) is 11.1. The molecule has 5 heteroatoms. The summed E-state index contributed by atoms with van der Waals surface area (Å²) < 4.78 is 0.